The van der Waals surface area contributed by atoms with E-state index >= 15 is 0 Å². The minimum Gasteiger partial charge on any atom is -0.481 e. The van der Waals surface area contributed by atoms with Crippen molar-refractivity contribution in [3.63, 3.8) is 0 Å². The molecule has 0 aromatic heterocycles. The quantitative estimate of drug-likeness (QED) is 0.364. The normalized spacial score (nSPS) is 13.6. The third kappa shape index (κ3) is 5.49. The Hall–Kier alpha value is -0.650. The van der Waals surface area contributed by atoms with Crippen LogP contribution in [-0.2, 0) is 4.79 Å². The Kier molecular flexibility index (Phi) is 3.94. The van der Waals surface area contributed by atoms with Crippen LogP contribution >= 0.6 is 0 Å². The summed E-state index contributed by atoms with van der Waals surface area (Å²) in [5, 5.41) is 24.8. The van der Waals surface area contributed by atoms with E-state index < -0.39 is 18.3 Å². The summed E-state index contributed by atoms with van der Waals surface area (Å²) in [6.45, 7) is 0. The van der Waals surface area contributed by atoms with E-state index in [0.29, 0.717) is 0 Å². The smallest absolute Gasteiger partial charge is 0.304 e. The average molecular weight is 149 g/mol. The zero-order valence-corrected chi connectivity index (χ0v) is 5.40. The van der Waals surface area contributed by atoms with Crippen LogP contribution in [0, 0.1) is 0 Å². The van der Waals surface area contributed by atoms with Gasteiger partial charge in [0.05, 0.1) is 6.42 Å². The molecule has 0 fully saturated rings. The number of nitrogens with two attached hydrogens (primary N) is 1. The maximum absolute atomic E-state index is 9.95. The van der Waals surface area contributed by atoms with E-state index in [1.54, 1.807) is 0 Å². The third-order valence-electron chi connectivity index (χ3n) is 0.950. The molecule has 5 heteroatoms. The monoisotopic (exact) mass is 149 g/mol. The molecule has 60 valence electrons. The van der Waals surface area contributed by atoms with Crippen molar-refractivity contribution in [2.45, 2.75) is 25.2 Å². The molecule has 0 saturated heterocycles. The second-order valence-electron chi connectivity index (χ2n) is 2.07. The van der Waals surface area contributed by atoms with E-state index in [2.05, 4.69) is 0 Å². The third-order valence-corrected chi connectivity index (χ3v) is 0.950. The van der Waals surface area contributed by atoms with Crippen molar-refractivity contribution < 1.29 is 20.1 Å². The predicted octanol–water partition coefficient (Wildman–Crippen LogP) is -1.51. The molecule has 0 saturated carbocycles. The first-order chi connectivity index (χ1) is 4.52. The van der Waals surface area contributed by atoms with Crippen molar-refractivity contribution in [2.24, 2.45) is 5.73 Å². The van der Waals surface area contributed by atoms with Gasteiger partial charge in [-0.15, -0.1) is 0 Å². The Morgan fingerprint density at radius 3 is 2.30 bits per heavy atom. The van der Waals surface area contributed by atoms with Crippen LogP contribution in [-0.4, -0.2) is 33.6 Å². The van der Waals surface area contributed by atoms with Crippen molar-refractivity contribution in [3.8, 4) is 0 Å². The highest BCUT2D eigenvalue weighted by atomic mass is 16.5. The molecule has 0 aromatic carbocycles. The number of aliphatic carboxylic acids is 1. The van der Waals surface area contributed by atoms with Gasteiger partial charge in [-0.25, -0.2) is 0 Å². The zero-order valence-electron chi connectivity index (χ0n) is 5.40. The number of carboxylic acid groups (broad SMARTS) is 1. The van der Waals surface area contributed by atoms with Gasteiger partial charge in [0.15, 0.2) is 6.29 Å². The molecule has 1 atom stereocenters. The van der Waals surface area contributed by atoms with E-state index in [0.717, 1.165) is 0 Å². The minimum absolute atomic E-state index is 0.105. The first-order valence-electron chi connectivity index (χ1n) is 2.86. The van der Waals surface area contributed by atoms with Crippen LogP contribution in [0.15, 0.2) is 0 Å². The predicted molar refractivity (Wildman–Crippen MR) is 33.1 cm³/mol. The topological polar surface area (TPSA) is 104 Å². The molecule has 0 aromatic rings. The Balaban J connectivity index is 3.43. The molecule has 0 heterocycles. The van der Waals surface area contributed by atoms with E-state index in [-0.39, 0.29) is 12.8 Å². The molecule has 0 amide bonds. The van der Waals surface area contributed by atoms with Crippen molar-refractivity contribution in [1.82, 2.24) is 0 Å². The molecular formula is C5H11NO4. The van der Waals surface area contributed by atoms with Gasteiger partial charge in [0, 0.05) is 12.5 Å². The Morgan fingerprint density at radius 1 is 1.50 bits per heavy atom. The lowest BCUT2D eigenvalue weighted by atomic mass is 10.1. The molecule has 5 N–H and O–H groups in total. The maximum atomic E-state index is 9.95. The van der Waals surface area contributed by atoms with Crippen LogP contribution in [0.5, 0.6) is 0 Å². The van der Waals surface area contributed by atoms with Crippen LogP contribution in [0.3, 0.4) is 0 Å². The van der Waals surface area contributed by atoms with Gasteiger partial charge in [0.25, 0.3) is 0 Å². The second-order valence-corrected chi connectivity index (χ2v) is 2.07. The van der Waals surface area contributed by atoms with Gasteiger partial charge in [0.1, 0.15) is 0 Å². The fraction of sp³-hybridized carbons (Fsp3) is 0.800. The largest absolute Gasteiger partial charge is 0.481 e. The standard InChI is InChI=1S/C5H11NO4/c6-3(1-4(7)8)2-5(9)10/h3-4,7-8H,1-2,6H2,(H,9,10)/t3-/m0/s1. The van der Waals surface area contributed by atoms with Crippen LogP contribution in [0.1, 0.15) is 12.8 Å². The van der Waals surface area contributed by atoms with Gasteiger partial charge < -0.3 is 21.1 Å². The minimum atomic E-state index is -1.52. The fourth-order valence-electron chi connectivity index (χ4n) is 0.578. The fourth-order valence-corrected chi connectivity index (χ4v) is 0.578. The molecule has 10 heavy (non-hydrogen) atoms. The summed E-state index contributed by atoms with van der Waals surface area (Å²) in [4.78, 5) is 9.95. The molecule has 0 unspecified atom stereocenters. The number of carboxylic acids is 1. The first-order valence-corrected chi connectivity index (χ1v) is 2.86. The summed E-state index contributed by atoms with van der Waals surface area (Å²) < 4.78 is 0. The van der Waals surface area contributed by atoms with Crippen molar-refractivity contribution in [1.29, 1.82) is 0 Å². The molecule has 0 spiro atoms. The molecule has 0 aliphatic rings. The van der Waals surface area contributed by atoms with Crippen LogP contribution in [0.2, 0.25) is 0 Å². The number of hydrogen-bond donors (Lipinski definition) is 4. The highest BCUT2D eigenvalue weighted by molar-refractivity contribution is 5.67. The van der Waals surface area contributed by atoms with Crippen LogP contribution in [0.25, 0.3) is 0 Å². The van der Waals surface area contributed by atoms with Crippen LogP contribution < -0.4 is 5.73 Å². The summed E-state index contributed by atoms with van der Waals surface area (Å²) in [6, 6.07) is -0.683. The molecule has 0 radical (unpaired) electrons. The summed E-state index contributed by atoms with van der Waals surface area (Å²) in [5.41, 5.74) is 5.17. The molecule has 0 rings (SSSR count). The van der Waals surface area contributed by atoms with Gasteiger partial charge >= 0.3 is 5.97 Å². The van der Waals surface area contributed by atoms with Gasteiger partial charge in [-0.1, -0.05) is 0 Å². The molecular weight excluding hydrogens is 138 g/mol. The number of aliphatic hydroxyl groups excluding tert-OH is 1. The van der Waals surface area contributed by atoms with E-state index in [1.807, 2.05) is 0 Å². The Morgan fingerprint density at radius 2 is 2.00 bits per heavy atom. The summed E-state index contributed by atoms with van der Waals surface area (Å²) in [5.74, 6) is -1.03. The maximum Gasteiger partial charge on any atom is 0.304 e. The van der Waals surface area contributed by atoms with Gasteiger partial charge in [-0.2, -0.15) is 0 Å². The van der Waals surface area contributed by atoms with Gasteiger partial charge in [-0.05, 0) is 0 Å². The van der Waals surface area contributed by atoms with Gasteiger partial charge in [-0.3, -0.25) is 4.79 Å². The summed E-state index contributed by atoms with van der Waals surface area (Å²) in [7, 11) is 0. The number of hydrogen-bond acceptors (Lipinski definition) is 4. The average Bonchev–Trinajstić information content (AvgIpc) is 1.58. The Bertz CT molecular complexity index is 114. The SMILES string of the molecule is N[C@H](CC(=O)O)CC(O)O. The summed E-state index contributed by atoms with van der Waals surface area (Å²) in [6.07, 6.45) is -1.86. The lowest BCUT2D eigenvalue weighted by Crippen LogP contribution is -2.28. The Labute approximate surface area is 58.1 Å². The van der Waals surface area contributed by atoms with Gasteiger partial charge in [0.2, 0.25) is 0 Å². The van der Waals surface area contributed by atoms with Crippen molar-refractivity contribution >= 4 is 5.97 Å². The molecule has 0 bridgehead atoms. The molecule has 0 aliphatic heterocycles. The number of carbonyl (C=O) groups is 1. The zero-order chi connectivity index (χ0) is 8.15. The second kappa shape index (κ2) is 4.21. The first kappa shape index (κ1) is 9.35. The highest BCUT2D eigenvalue weighted by Gasteiger charge is 2.10. The highest BCUT2D eigenvalue weighted by Crippen LogP contribution is 1.96. The van der Waals surface area contributed by atoms with E-state index in [4.69, 9.17) is 21.1 Å². The lowest BCUT2D eigenvalue weighted by molar-refractivity contribution is -0.137. The van der Waals surface area contributed by atoms with Crippen LogP contribution in [0.4, 0.5) is 0 Å². The molecule has 5 nitrogen and oxygen atoms in total. The molecule has 0 aliphatic carbocycles. The summed E-state index contributed by atoms with van der Waals surface area (Å²) >= 11 is 0. The number of rotatable bonds is 4. The lowest BCUT2D eigenvalue weighted by Gasteiger charge is -2.08. The van der Waals surface area contributed by atoms with E-state index in [1.165, 1.54) is 0 Å². The van der Waals surface area contributed by atoms with Crippen molar-refractivity contribution in [2.75, 3.05) is 0 Å². The van der Waals surface area contributed by atoms with E-state index in [9.17, 15) is 4.79 Å². The van der Waals surface area contributed by atoms with Crippen molar-refractivity contribution in [3.05, 3.63) is 0 Å². The number of aliphatic hydroxyl groups is 2.